The maximum absolute atomic E-state index is 13.5. The molecule has 1 aromatic carbocycles. The van der Waals surface area contributed by atoms with Crippen LogP contribution in [0.5, 0.6) is 0 Å². The summed E-state index contributed by atoms with van der Waals surface area (Å²) in [6.45, 7) is 0.355. The molecule has 0 atom stereocenters. The van der Waals surface area contributed by atoms with Crippen molar-refractivity contribution in [2.45, 2.75) is 24.8 Å². The summed E-state index contributed by atoms with van der Waals surface area (Å²) in [6.07, 6.45) is 1.68. The number of sulfonamides is 1. The van der Waals surface area contributed by atoms with Crippen molar-refractivity contribution in [3.63, 3.8) is 0 Å². The zero-order valence-corrected chi connectivity index (χ0v) is 10.8. The summed E-state index contributed by atoms with van der Waals surface area (Å²) < 4.78 is 35.0. The first-order chi connectivity index (χ1) is 8.46. The van der Waals surface area contributed by atoms with E-state index in [0.29, 0.717) is 6.54 Å². The van der Waals surface area contributed by atoms with Crippen molar-refractivity contribution >= 4 is 10.0 Å². The molecule has 1 fully saturated rings. The number of nitrogens with one attached hydrogen (secondary N) is 1. The number of hydrogen-bond donors (Lipinski definition) is 2. The number of rotatable bonds is 5. The third-order valence-corrected chi connectivity index (χ3v) is 4.08. The highest BCUT2D eigenvalue weighted by Crippen LogP contribution is 2.37. The van der Waals surface area contributed by atoms with Gasteiger partial charge in [0.2, 0.25) is 10.0 Å². The van der Waals surface area contributed by atoms with Gasteiger partial charge in [-0.1, -0.05) is 18.2 Å². The van der Waals surface area contributed by atoms with Crippen LogP contribution in [-0.4, -0.2) is 26.8 Å². The molecule has 3 N–H and O–H groups in total. The molecule has 0 heterocycles. The van der Waals surface area contributed by atoms with E-state index in [-0.39, 0.29) is 23.5 Å². The first-order valence-corrected chi connectivity index (χ1v) is 7.65. The van der Waals surface area contributed by atoms with E-state index < -0.39 is 10.0 Å². The molecule has 6 heteroatoms. The molecule has 0 unspecified atom stereocenters. The van der Waals surface area contributed by atoms with Gasteiger partial charge in [-0.15, -0.1) is 0 Å². The Morgan fingerprint density at radius 1 is 1.33 bits per heavy atom. The maximum Gasteiger partial charge on any atom is 0.210 e. The Morgan fingerprint density at radius 2 is 2.00 bits per heavy atom. The highest BCUT2D eigenvalue weighted by Gasteiger charge is 2.31. The van der Waals surface area contributed by atoms with E-state index in [0.717, 1.165) is 18.4 Å². The van der Waals surface area contributed by atoms with Crippen LogP contribution in [0.15, 0.2) is 24.3 Å². The van der Waals surface area contributed by atoms with E-state index in [1.54, 1.807) is 12.1 Å². The van der Waals surface area contributed by atoms with Gasteiger partial charge >= 0.3 is 0 Å². The summed E-state index contributed by atoms with van der Waals surface area (Å²) in [7, 11) is -3.40. The highest BCUT2D eigenvalue weighted by atomic mass is 32.2. The summed E-state index contributed by atoms with van der Waals surface area (Å²) >= 11 is 0. The standard InChI is InChI=1S/C12H17FN2O2S/c13-12-4-2-1-3-11(12)9-7-10(8-9)15-5-6-18(14,16)17/h1-4,9-10,15H,5-8H2,(H2,14,16,17). The van der Waals surface area contributed by atoms with Crippen molar-refractivity contribution in [3.8, 4) is 0 Å². The summed E-state index contributed by atoms with van der Waals surface area (Å²) in [4.78, 5) is 0. The molecule has 0 saturated heterocycles. The van der Waals surface area contributed by atoms with E-state index in [2.05, 4.69) is 5.32 Å². The van der Waals surface area contributed by atoms with Crippen LogP contribution in [-0.2, 0) is 10.0 Å². The van der Waals surface area contributed by atoms with Gasteiger partial charge in [-0.25, -0.2) is 17.9 Å². The average molecular weight is 272 g/mol. The van der Waals surface area contributed by atoms with Crippen molar-refractivity contribution in [1.82, 2.24) is 5.32 Å². The smallest absolute Gasteiger partial charge is 0.210 e. The lowest BCUT2D eigenvalue weighted by atomic mass is 9.75. The van der Waals surface area contributed by atoms with Gasteiger partial charge in [0.1, 0.15) is 5.82 Å². The second kappa shape index (κ2) is 5.34. The minimum Gasteiger partial charge on any atom is -0.313 e. The lowest BCUT2D eigenvalue weighted by Gasteiger charge is -2.36. The molecule has 1 aliphatic rings. The summed E-state index contributed by atoms with van der Waals surface area (Å²) in [5.74, 6) is 0.0112. The monoisotopic (exact) mass is 272 g/mol. The minimum absolute atomic E-state index is 0.0616. The lowest BCUT2D eigenvalue weighted by molar-refractivity contribution is 0.290. The van der Waals surface area contributed by atoms with Crippen LogP contribution in [0.4, 0.5) is 4.39 Å². The van der Waals surface area contributed by atoms with Crippen LogP contribution in [0, 0.1) is 5.82 Å². The number of hydrogen-bond acceptors (Lipinski definition) is 3. The zero-order chi connectivity index (χ0) is 13.2. The van der Waals surface area contributed by atoms with Gasteiger partial charge in [0.25, 0.3) is 0 Å². The van der Waals surface area contributed by atoms with E-state index in [9.17, 15) is 12.8 Å². The van der Waals surface area contributed by atoms with Crippen LogP contribution in [0.2, 0.25) is 0 Å². The van der Waals surface area contributed by atoms with Gasteiger partial charge in [-0.05, 0) is 30.4 Å². The molecular weight excluding hydrogens is 255 g/mol. The Bertz CT molecular complexity index is 513. The third-order valence-electron chi connectivity index (χ3n) is 3.30. The summed E-state index contributed by atoms with van der Waals surface area (Å²) in [5, 5.41) is 8.02. The zero-order valence-electron chi connectivity index (χ0n) is 9.97. The highest BCUT2D eigenvalue weighted by molar-refractivity contribution is 7.89. The van der Waals surface area contributed by atoms with Gasteiger partial charge < -0.3 is 5.32 Å². The van der Waals surface area contributed by atoms with E-state index in [1.807, 2.05) is 6.07 Å². The Kier molecular flexibility index (Phi) is 3.99. The maximum atomic E-state index is 13.5. The first kappa shape index (κ1) is 13.5. The molecule has 1 saturated carbocycles. The fourth-order valence-electron chi connectivity index (χ4n) is 2.25. The normalized spacial score (nSPS) is 23.7. The van der Waals surface area contributed by atoms with Crippen LogP contribution in [0.25, 0.3) is 0 Å². The minimum atomic E-state index is -3.40. The van der Waals surface area contributed by atoms with Gasteiger partial charge in [0, 0.05) is 12.6 Å². The number of halogens is 1. The molecule has 0 spiro atoms. The summed E-state index contributed by atoms with van der Waals surface area (Å²) in [5.41, 5.74) is 0.752. The molecule has 18 heavy (non-hydrogen) atoms. The molecule has 0 aromatic heterocycles. The van der Waals surface area contributed by atoms with Gasteiger partial charge in [0.15, 0.2) is 0 Å². The fourth-order valence-corrected chi connectivity index (χ4v) is 2.65. The van der Waals surface area contributed by atoms with Crippen LogP contribution >= 0.6 is 0 Å². The molecule has 0 aliphatic heterocycles. The van der Waals surface area contributed by atoms with E-state index in [1.165, 1.54) is 6.07 Å². The predicted molar refractivity (Wildman–Crippen MR) is 68.1 cm³/mol. The Balaban J connectivity index is 1.76. The third kappa shape index (κ3) is 3.51. The van der Waals surface area contributed by atoms with Gasteiger partial charge in [-0.2, -0.15) is 0 Å². The number of benzene rings is 1. The second-order valence-electron chi connectivity index (χ2n) is 4.71. The molecule has 0 amide bonds. The number of nitrogens with two attached hydrogens (primary N) is 1. The Labute approximate surface area is 106 Å². The first-order valence-electron chi connectivity index (χ1n) is 5.94. The SMILES string of the molecule is NS(=O)(=O)CCNC1CC(c2ccccc2F)C1. The topological polar surface area (TPSA) is 72.2 Å². The largest absolute Gasteiger partial charge is 0.313 e. The quantitative estimate of drug-likeness (QED) is 0.838. The van der Waals surface area contributed by atoms with Crippen molar-refractivity contribution in [3.05, 3.63) is 35.6 Å². The van der Waals surface area contributed by atoms with Crippen molar-refractivity contribution in [1.29, 1.82) is 0 Å². The molecule has 4 nitrogen and oxygen atoms in total. The van der Waals surface area contributed by atoms with Crippen molar-refractivity contribution < 1.29 is 12.8 Å². The predicted octanol–water partition coefficient (Wildman–Crippen LogP) is 0.950. The van der Waals surface area contributed by atoms with Gasteiger partial charge in [0.05, 0.1) is 5.75 Å². The molecular formula is C12H17FN2O2S. The lowest BCUT2D eigenvalue weighted by Crippen LogP contribution is -2.42. The Hall–Kier alpha value is -0.980. The van der Waals surface area contributed by atoms with E-state index in [4.69, 9.17) is 5.14 Å². The fraction of sp³-hybridized carbons (Fsp3) is 0.500. The van der Waals surface area contributed by atoms with Crippen molar-refractivity contribution in [2.75, 3.05) is 12.3 Å². The van der Waals surface area contributed by atoms with Crippen LogP contribution in [0.1, 0.15) is 24.3 Å². The molecule has 100 valence electrons. The van der Waals surface area contributed by atoms with Crippen LogP contribution < -0.4 is 10.5 Å². The average Bonchev–Trinajstić information content (AvgIpc) is 2.21. The number of primary sulfonamides is 1. The molecule has 2 rings (SSSR count). The summed E-state index contributed by atoms with van der Waals surface area (Å²) in [6, 6.07) is 7.05. The second-order valence-corrected chi connectivity index (χ2v) is 6.44. The molecule has 1 aromatic rings. The molecule has 0 radical (unpaired) electrons. The molecule has 0 bridgehead atoms. The van der Waals surface area contributed by atoms with Gasteiger partial charge in [-0.3, -0.25) is 0 Å². The van der Waals surface area contributed by atoms with Crippen LogP contribution in [0.3, 0.4) is 0 Å². The van der Waals surface area contributed by atoms with E-state index >= 15 is 0 Å². The Morgan fingerprint density at radius 3 is 2.61 bits per heavy atom. The molecule has 1 aliphatic carbocycles. The van der Waals surface area contributed by atoms with Crippen molar-refractivity contribution in [2.24, 2.45) is 5.14 Å².